The van der Waals surface area contributed by atoms with E-state index >= 15 is 0 Å². The van der Waals surface area contributed by atoms with E-state index in [1.54, 1.807) is 0 Å². The molecule has 2 rings (SSSR count). The molecule has 0 saturated heterocycles. The molecule has 0 fully saturated rings. The molecular weight excluding hydrogens is 296 g/mol. The number of fused-ring (bicyclic) bond motifs is 1. The van der Waals surface area contributed by atoms with E-state index in [1.807, 2.05) is 23.1 Å². The standard InChI is InChI=1S/C17H26N2S2/c1-4-9-18-12-17-15(13-19(2)10-11-20-3)14-7-5-6-8-16(14)21-17/h5-8,18H,4,9-13H2,1-3H3. The van der Waals surface area contributed by atoms with Crippen LogP contribution in [0.1, 0.15) is 23.8 Å². The fourth-order valence-corrected chi connectivity index (χ4v) is 4.12. The Balaban J connectivity index is 2.18. The summed E-state index contributed by atoms with van der Waals surface area (Å²) in [7, 11) is 2.23. The van der Waals surface area contributed by atoms with Gasteiger partial charge in [-0.1, -0.05) is 25.1 Å². The first-order chi connectivity index (χ1) is 10.3. The largest absolute Gasteiger partial charge is 0.312 e. The lowest BCUT2D eigenvalue weighted by molar-refractivity contribution is 0.349. The molecule has 4 heteroatoms. The number of thiophene rings is 1. The first-order valence-electron chi connectivity index (χ1n) is 7.63. The van der Waals surface area contributed by atoms with E-state index in [0.29, 0.717) is 0 Å². The maximum Gasteiger partial charge on any atom is 0.0349 e. The van der Waals surface area contributed by atoms with Gasteiger partial charge >= 0.3 is 0 Å². The Hall–Kier alpha value is -0.550. The van der Waals surface area contributed by atoms with E-state index < -0.39 is 0 Å². The Labute approximate surface area is 136 Å². The highest BCUT2D eigenvalue weighted by atomic mass is 32.2. The minimum Gasteiger partial charge on any atom is -0.312 e. The smallest absolute Gasteiger partial charge is 0.0349 e. The molecule has 0 unspecified atom stereocenters. The summed E-state index contributed by atoms with van der Waals surface area (Å²) >= 11 is 3.86. The van der Waals surface area contributed by atoms with E-state index in [9.17, 15) is 0 Å². The third-order valence-electron chi connectivity index (χ3n) is 3.60. The zero-order valence-electron chi connectivity index (χ0n) is 13.3. The van der Waals surface area contributed by atoms with E-state index in [2.05, 4.69) is 54.7 Å². The molecule has 0 saturated carbocycles. The Kier molecular flexibility index (Phi) is 7.04. The lowest BCUT2D eigenvalue weighted by atomic mass is 10.1. The quantitative estimate of drug-likeness (QED) is 0.697. The van der Waals surface area contributed by atoms with Crippen LogP contribution < -0.4 is 5.32 Å². The van der Waals surface area contributed by atoms with E-state index in [0.717, 1.165) is 26.2 Å². The SMILES string of the molecule is CCCNCc1sc2ccccc2c1CN(C)CCSC. The van der Waals surface area contributed by atoms with Gasteiger partial charge < -0.3 is 10.2 Å². The molecule has 1 N–H and O–H groups in total. The maximum absolute atomic E-state index is 3.56. The lowest BCUT2D eigenvalue weighted by Crippen LogP contribution is -2.22. The van der Waals surface area contributed by atoms with Gasteiger partial charge in [-0.3, -0.25) is 0 Å². The Morgan fingerprint density at radius 1 is 1.29 bits per heavy atom. The monoisotopic (exact) mass is 322 g/mol. The van der Waals surface area contributed by atoms with Crippen LogP contribution in [-0.4, -0.2) is 37.0 Å². The molecule has 0 aliphatic carbocycles. The van der Waals surface area contributed by atoms with Gasteiger partial charge in [0.2, 0.25) is 0 Å². The van der Waals surface area contributed by atoms with Crippen LogP contribution in [0, 0.1) is 0 Å². The summed E-state index contributed by atoms with van der Waals surface area (Å²) < 4.78 is 1.42. The molecule has 0 atom stereocenters. The fourth-order valence-electron chi connectivity index (χ4n) is 2.44. The van der Waals surface area contributed by atoms with Crippen molar-refractivity contribution in [3.8, 4) is 0 Å². The number of nitrogens with zero attached hydrogens (tertiary/aromatic N) is 1. The zero-order chi connectivity index (χ0) is 15.1. The normalized spacial score (nSPS) is 11.6. The van der Waals surface area contributed by atoms with Crippen LogP contribution in [-0.2, 0) is 13.1 Å². The predicted octanol–water partition coefficient (Wildman–Crippen LogP) is 4.20. The minimum absolute atomic E-state index is 0.999. The Bertz CT molecular complexity index is 551. The first-order valence-corrected chi connectivity index (χ1v) is 9.84. The molecule has 0 aliphatic heterocycles. The maximum atomic E-state index is 3.56. The molecule has 0 amide bonds. The molecule has 116 valence electrons. The number of rotatable bonds is 9. The molecule has 0 bridgehead atoms. The van der Waals surface area contributed by atoms with Crippen molar-refractivity contribution >= 4 is 33.2 Å². The molecule has 1 aromatic heterocycles. The molecular formula is C17H26N2S2. The van der Waals surface area contributed by atoms with Gasteiger partial charge in [-0.2, -0.15) is 11.8 Å². The number of nitrogens with one attached hydrogen (secondary N) is 1. The molecule has 0 radical (unpaired) electrons. The van der Waals surface area contributed by atoms with Crippen molar-refractivity contribution in [2.24, 2.45) is 0 Å². The number of hydrogen-bond acceptors (Lipinski definition) is 4. The number of hydrogen-bond donors (Lipinski definition) is 1. The van der Waals surface area contributed by atoms with Gasteiger partial charge in [0.15, 0.2) is 0 Å². The minimum atomic E-state index is 0.999. The molecule has 0 spiro atoms. The summed E-state index contributed by atoms with van der Waals surface area (Å²) in [4.78, 5) is 3.94. The zero-order valence-corrected chi connectivity index (χ0v) is 14.9. The van der Waals surface area contributed by atoms with Crippen LogP contribution in [0.2, 0.25) is 0 Å². The van der Waals surface area contributed by atoms with Gasteiger partial charge in [0.25, 0.3) is 0 Å². The topological polar surface area (TPSA) is 15.3 Å². The highest BCUT2D eigenvalue weighted by Gasteiger charge is 2.13. The molecule has 1 aromatic carbocycles. The molecule has 21 heavy (non-hydrogen) atoms. The first kappa shape index (κ1) is 16.8. The van der Waals surface area contributed by atoms with Crippen LogP contribution in [0.3, 0.4) is 0 Å². The highest BCUT2D eigenvalue weighted by molar-refractivity contribution is 7.98. The van der Waals surface area contributed by atoms with Crippen molar-refractivity contribution < 1.29 is 0 Å². The van der Waals surface area contributed by atoms with Crippen LogP contribution >= 0.6 is 23.1 Å². The van der Waals surface area contributed by atoms with E-state index in [-0.39, 0.29) is 0 Å². The fraction of sp³-hybridized carbons (Fsp3) is 0.529. The van der Waals surface area contributed by atoms with Crippen molar-refractivity contribution in [1.29, 1.82) is 0 Å². The van der Waals surface area contributed by atoms with Crippen LogP contribution in [0.15, 0.2) is 24.3 Å². The summed E-state index contributed by atoms with van der Waals surface area (Å²) in [6.07, 6.45) is 3.36. The molecule has 2 nitrogen and oxygen atoms in total. The summed E-state index contributed by atoms with van der Waals surface area (Å²) in [5.74, 6) is 1.20. The van der Waals surface area contributed by atoms with Gasteiger partial charge in [0.1, 0.15) is 0 Å². The third kappa shape index (κ3) is 4.71. The van der Waals surface area contributed by atoms with E-state index in [4.69, 9.17) is 0 Å². The summed E-state index contributed by atoms with van der Waals surface area (Å²) in [5, 5.41) is 4.99. The molecule has 2 aromatic rings. The second kappa shape index (κ2) is 8.79. The van der Waals surface area contributed by atoms with Gasteiger partial charge in [-0.05, 0) is 43.3 Å². The highest BCUT2D eigenvalue weighted by Crippen LogP contribution is 2.32. The van der Waals surface area contributed by atoms with Crippen LogP contribution in [0.4, 0.5) is 0 Å². The van der Waals surface area contributed by atoms with Crippen LogP contribution in [0.25, 0.3) is 10.1 Å². The van der Waals surface area contributed by atoms with E-state index in [1.165, 1.54) is 32.7 Å². The molecule has 0 aliphatic rings. The number of benzene rings is 1. The van der Waals surface area contributed by atoms with Crippen molar-refractivity contribution in [1.82, 2.24) is 10.2 Å². The summed E-state index contributed by atoms with van der Waals surface area (Å²) in [6, 6.07) is 8.81. The van der Waals surface area contributed by atoms with Crippen molar-refractivity contribution in [3.63, 3.8) is 0 Å². The average molecular weight is 323 g/mol. The van der Waals surface area contributed by atoms with Gasteiger partial charge in [0, 0.05) is 35.0 Å². The Morgan fingerprint density at radius 2 is 2.10 bits per heavy atom. The van der Waals surface area contributed by atoms with Crippen molar-refractivity contribution in [2.75, 3.05) is 32.1 Å². The van der Waals surface area contributed by atoms with Crippen molar-refractivity contribution in [3.05, 3.63) is 34.7 Å². The second-order valence-corrected chi connectivity index (χ2v) is 7.53. The van der Waals surface area contributed by atoms with Gasteiger partial charge in [0.05, 0.1) is 0 Å². The predicted molar refractivity (Wildman–Crippen MR) is 98.5 cm³/mol. The molecule has 1 heterocycles. The summed E-state index contributed by atoms with van der Waals surface area (Å²) in [6.45, 7) is 6.50. The van der Waals surface area contributed by atoms with Crippen LogP contribution in [0.5, 0.6) is 0 Å². The number of thioether (sulfide) groups is 1. The van der Waals surface area contributed by atoms with Gasteiger partial charge in [-0.25, -0.2) is 0 Å². The average Bonchev–Trinajstić information content (AvgIpc) is 2.83. The Morgan fingerprint density at radius 3 is 2.86 bits per heavy atom. The third-order valence-corrected chi connectivity index (χ3v) is 5.40. The lowest BCUT2D eigenvalue weighted by Gasteiger charge is -2.17. The second-order valence-electron chi connectivity index (χ2n) is 5.41. The van der Waals surface area contributed by atoms with Crippen molar-refractivity contribution in [2.45, 2.75) is 26.4 Å². The van der Waals surface area contributed by atoms with Gasteiger partial charge in [-0.15, -0.1) is 11.3 Å². The summed E-state index contributed by atoms with van der Waals surface area (Å²) in [5.41, 5.74) is 1.52.